The zero-order valence-electron chi connectivity index (χ0n) is 27.3. The maximum absolute atomic E-state index is 13.0. The van der Waals surface area contributed by atoms with Crippen LogP contribution in [0, 0.1) is 5.92 Å². The Balaban J connectivity index is 1.14. The average Bonchev–Trinajstić information content (AvgIpc) is 3.63. The van der Waals surface area contributed by atoms with Crippen LogP contribution in [0.5, 0.6) is 0 Å². The van der Waals surface area contributed by atoms with Crippen LogP contribution in [0.2, 0.25) is 0 Å². The fourth-order valence-corrected chi connectivity index (χ4v) is 7.24. The van der Waals surface area contributed by atoms with E-state index in [0.717, 1.165) is 33.4 Å². The van der Waals surface area contributed by atoms with Crippen molar-refractivity contribution in [3.8, 4) is 11.1 Å². The van der Waals surface area contributed by atoms with Crippen LogP contribution in [0.15, 0.2) is 96.4 Å². The van der Waals surface area contributed by atoms with Crippen LogP contribution >= 0.6 is 11.8 Å². The molecule has 4 aromatic rings. The van der Waals surface area contributed by atoms with Crippen LogP contribution in [-0.2, 0) is 32.2 Å². The second-order valence-corrected chi connectivity index (χ2v) is 13.3. The predicted molar refractivity (Wildman–Crippen MR) is 180 cm³/mol. The minimum atomic E-state index is -5.02. The normalized spacial score (nSPS) is 22.3. The summed E-state index contributed by atoms with van der Waals surface area (Å²) in [7, 11) is 0. The lowest BCUT2D eigenvalue weighted by Gasteiger charge is -2.41. The molecule has 3 aromatic carbocycles. The van der Waals surface area contributed by atoms with Gasteiger partial charge in [-0.25, -0.2) is 9.97 Å². The number of thioether (sulfide) groups is 1. The van der Waals surface area contributed by atoms with Crippen LogP contribution in [0.1, 0.15) is 54.4 Å². The van der Waals surface area contributed by atoms with Crippen molar-refractivity contribution in [2.75, 3.05) is 12.3 Å². The average molecular weight is 707 g/mol. The molecule has 1 aromatic heterocycles. The van der Waals surface area contributed by atoms with Crippen LogP contribution in [-0.4, -0.2) is 62.4 Å². The van der Waals surface area contributed by atoms with Crippen LogP contribution in [0.3, 0.4) is 0 Å². The van der Waals surface area contributed by atoms with E-state index in [0.29, 0.717) is 22.2 Å². The number of aliphatic hydroxyl groups is 1. The molecule has 9 nitrogen and oxygen atoms in total. The lowest BCUT2D eigenvalue weighted by atomic mass is 9.91. The number of hydrogen-bond donors (Lipinski definition) is 2. The van der Waals surface area contributed by atoms with Gasteiger partial charge in [-0.1, -0.05) is 85.4 Å². The first-order valence-electron chi connectivity index (χ1n) is 16.4. The van der Waals surface area contributed by atoms with Gasteiger partial charge in [0.25, 0.3) is 0 Å². The molecule has 2 aliphatic heterocycles. The Morgan fingerprint density at radius 2 is 1.66 bits per heavy atom. The third kappa shape index (κ3) is 8.35. The third-order valence-electron chi connectivity index (χ3n) is 9.01. The predicted octanol–water partition coefficient (Wildman–Crippen LogP) is 6.39. The van der Waals surface area contributed by atoms with Crippen LogP contribution in [0.25, 0.3) is 11.1 Å². The highest BCUT2D eigenvalue weighted by molar-refractivity contribution is 7.99. The summed E-state index contributed by atoms with van der Waals surface area (Å²) < 4.78 is 52.1. The summed E-state index contributed by atoms with van der Waals surface area (Å²) in [5, 5.41) is 12.9. The number of carbonyl (C=O) groups is 2. The van der Waals surface area contributed by atoms with Crippen LogP contribution < -0.4 is 5.32 Å². The highest BCUT2D eigenvalue weighted by Gasteiger charge is 2.47. The number of carbonyl (C=O) groups excluding carboxylic acids is 2. The summed E-state index contributed by atoms with van der Waals surface area (Å²) in [5.41, 5.74) is 5.20. The van der Waals surface area contributed by atoms with Gasteiger partial charge in [0.2, 0.25) is 5.91 Å². The number of halogens is 3. The van der Waals surface area contributed by atoms with E-state index in [1.807, 2.05) is 72.8 Å². The Bertz CT molecular complexity index is 1760. The number of amides is 2. The molecule has 5 atom stereocenters. The largest absolute Gasteiger partial charge is 0.471 e. The van der Waals surface area contributed by atoms with Gasteiger partial charge in [-0.05, 0) is 52.8 Å². The van der Waals surface area contributed by atoms with Crippen molar-refractivity contribution in [2.24, 2.45) is 5.92 Å². The molecule has 262 valence electrons. The molecular formula is C37H37F3N4O5S. The summed E-state index contributed by atoms with van der Waals surface area (Å²) in [4.78, 5) is 33.9. The van der Waals surface area contributed by atoms with Gasteiger partial charge in [0, 0.05) is 42.7 Å². The maximum Gasteiger partial charge on any atom is 0.471 e. The van der Waals surface area contributed by atoms with Gasteiger partial charge in [0.05, 0.1) is 18.8 Å². The monoisotopic (exact) mass is 706 g/mol. The number of benzene rings is 3. The molecule has 2 aliphatic rings. The van der Waals surface area contributed by atoms with Gasteiger partial charge in [0.1, 0.15) is 6.04 Å². The number of nitrogens with one attached hydrogen (secondary N) is 1. The molecule has 50 heavy (non-hydrogen) atoms. The number of ether oxygens (including phenoxy) is 2. The minimum Gasteiger partial charge on any atom is -0.392 e. The quantitative estimate of drug-likeness (QED) is 0.144. The lowest BCUT2D eigenvalue weighted by molar-refractivity contribution is -0.268. The Morgan fingerprint density at radius 3 is 2.36 bits per heavy atom. The Morgan fingerprint density at radius 1 is 0.940 bits per heavy atom. The van der Waals surface area contributed by atoms with Gasteiger partial charge in [-0.15, -0.1) is 0 Å². The number of likely N-dealkylation sites (tertiary alicyclic amines) is 1. The van der Waals surface area contributed by atoms with Crippen molar-refractivity contribution in [2.45, 2.75) is 68.8 Å². The topological polar surface area (TPSA) is 114 Å². The fourth-order valence-electron chi connectivity index (χ4n) is 6.27. The molecule has 0 unspecified atom stereocenters. The molecular weight excluding hydrogens is 669 g/mol. The molecule has 0 spiro atoms. The van der Waals surface area contributed by atoms with Crippen molar-refractivity contribution >= 4 is 23.6 Å². The standard InChI is InChI=1S/C37H37F3N4O5S/c1-23-31(22-50-36-41-16-4-17-42-36)48-34(49-32(23)27-10-8-24(21-45)9-11-27)28-14-12-26(13-15-28)29-6-2-5-25(19-29)20-43-33(46)30-7-3-18-44(30)35(47)37(38,39)40/h2,4-6,8-17,19,23,30-32,34,45H,3,7,18,20-22H2,1H3,(H,43,46)/t23-,30+,31+,32+,34+/m1/s1. The number of aromatic nitrogens is 2. The minimum absolute atomic E-state index is 0.00631. The summed E-state index contributed by atoms with van der Waals surface area (Å²) in [6.07, 6.45) is -2.18. The van der Waals surface area contributed by atoms with E-state index >= 15 is 0 Å². The van der Waals surface area contributed by atoms with Crippen molar-refractivity contribution in [1.29, 1.82) is 0 Å². The second kappa shape index (κ2) is 15.7. The molecule has 0 saturated carbocycles. The molecule has 3 heterocycles. The summed E-state index contributed by atoms with van der Waals surface area (Å²) in [6, 6.07) is 23.7. The van der Waals surface area contributed by atoms with E-state index in [1.54, 1.807) is 18.5 Å². The molecule has 13 heteroatoms. The molecule has 6 rings (SSSR count). The summed E-state index contributed by atoms with van der Waals surface area (Å²) >= 11 is 1.52. The highest BCUT2D eigenvalue weighted by Crippen LogP contribution is 2.43. The smallest absolute Gasteiger partial charge is 0.392 e. The number of rotatable bonds is 10. The third-order valence-corrected chi connectivity index (χ3v) is 9.98. The second-order valence-electron chi connectivity index (χ2n) is 12.4. The zero-order chi connectivity index (χ0) is 35.3. The SMILES string of the molecule is C[C@@H]1[C@H](CSc2ncccn2)O[C@H](c2ccc(-c3cccc(CNC(=O)[C@@H]4CCCN4C(=O)C(F)(F)F)c3)cc2)O[C@@H]1c1ccc(CO)cc1. The van der Waals surface area contributed by atoms with Gasteiger partial charge in [-0.3, -0.25) is 9.59 Å². The van der Waals surface area contributed by atoms with Crippen molar-refractivity contribution in [3.63, 3.8) is 0 Å². The first kappa shape index (κ1) is 35.5. The first-order chi connectivity index (χ1) is 24.1. The number of hydrogen-bond acceptors (Lipinski definition) is 8. The van der Waals surface area contributed by atoms with E-state index in [-0.39, 0.29) is 44.2 Å². The molecule has 2 amide bonds. The molecule has 0 bridgehead atoms. The number of aliphatic hydroxyl groups excluding tert-OH is 1. The summed E-state index contributed by atoms with van der Waals surface area (Å²) in [6.45, 7) is 2.06. The Kier molecular flexibility index (Phi) is 11.2. The van der Waals surface area contributed by atoms with Crippen molar-refractivity contribution < 1.29 is 37.3 Å². The fraction of sp³-hybridized carbons (Fsp3) is 0.351. The van der Waals surface area contributed by atoms with E-state index in [9.17, 15) is 27.9 Å². The van der Waals surface area contributed by atoms with Gasteiger partial charge < -0.3 is 24.8 Å². The van der Waals surface area contributed by atoms with Gasteiger partial charge >= 0.3 is 12.1 Å². The van der Waals surface area contributed by atoms with Crippen molar-refractivity contribution in [1.82, 2.24) is 20.2 Å². The zero-order valence-corrected chi connectivity index (χ0v) is 28.1. The van der Waals surface area contributed by atoms with Gasteiger partial charge in [0.15, 0.2) is 11.4 Å². The van der Waals surface area contributed by atoms with Crippen molar-refractivity contribution in [3.05, 3.63) is 114 Å². The number of alkyl halides is 3. The van der Waals surface area contributed by atoms with E-state index in [2.05, 4.69) is 22.2 Å². The summed E-state index contributed by atoms with van der Waals surface area (Å²) in [5.74, 6) is -1.96. The Labute approximate surface area is 292 Å². The molecule has 2 fully saturated rings. The van der Waals surface area contributed by atoms with E-state index < -0.39 is 30.3 Å². The highest BCUT2D eigenvalue weighted by atomic mass is 32.2. The molecule has 2 N–H and O–H groups in total. The first-order valence-corrected chi connectivity index (χ1v) is 17.3. The molecule has 2 saturated heterocycles. The molecule has 0 radical (unpaired) electrons. The van der Waals surface area contributed by atoms with Gasteiger partial charge in [-0.2, -0.15) is 13.2 Å². The maximum atomic E-state index is 13.0. The number of nitrogens with zero attached hydrogens (tertiary/aromatic N) is 3. The van der Waals surface area contributed by atoms with E-state index in [1.165, 1.54) is 11.8 Å². The lowest BCUT2D eigenvalue weighted by Crippen LogP contribution is -2.50. The van der Waals surface area contributed by atoms with E-state index in [4.69, 9.17) is 9.47 Å². The van der Waals surface area contributed by atoms with Crippen LogP contribution in [0.4, 0.5) is 13.2 Å². The molecule has 0 aliphatic carbocycles. The Hall–Kier alpha value is -4.30.